The van der Waals surface area contributed by atoms with Crippen LogP contribution >= 0.6 is 0 Å². The van der Waals surface area contributed by atoms with E-state index >= 15 is 0 Å². The minimum Gasteiger partial charge on any atom is -0.444 e. The maximum atomic E-state index is 12.1. The molecule has 1 aromatic rings. The summed E-state index contributed by atoms with van der Waals surface area (Å²) in [6, 6.07) is 6.26. The standard InChI is InChI=1S/C17H23NO3/c1-17(2,3)21-16(20)18-9-8-14-11-13(5-4-10-19)6-7-15(14)12-18/h6-7,10-11H,4-5,8-9,12H2,1-3H3. The molecule has 0 spiro atoms. The number of rotatable bonds is 3. The third-order valence-corrected chi connectivity index (χ3v) is 3.49. The molecule has 1 heterocycles. The van der Waals surface area contributed by atoms with Crippen LogP contribution in [0.2, 0.25) is 0 Å². The number of fused-ring (bicyclic) bond motifs is 1. The Morgan fingerprint density at radius 3 is 2.76 bits per heavy atom. The zero-order chi connectivity index (χ0) is 15.5. The second-order valence-electron chi connectivity index (χ2n) is 6.46. The summed E-state index contributed by atoms with van der Waals surface area (Å²) in [6.07, 6.45) is 2.88. The smallest absolute Gasteiger partial charge is 0.410 e. The van der Waals surface area contributed by atoms with Gasteiger partial charge in [0.1, 0.15) is 11.9 Å². The highest BCUT2D eigenvalue weighted by Crippen LogP contribution is 2.22. The Morgan fingerprint density at radius 1 is 1.33 bits per heavy atom. The van der Waals surface area contributed by atoms with E-state index < -0.39 is 5.60 Å². The first-order valence-electron chi connectivity index (χ1n) is 7.41. The zero-order valence-electron chi connectivity index (χ0n) is 13.0. The van der Waals surface area contributed by atoms with Crippen LogP contribution in [0.5, 0.6) is 0 Å². The Labute approximate surface area is 126 Å². The highest BCUT2D eigenvalue weighted by molar-refractivity contribution is 5.68. The molecule has 1 aromatic carbocycles. The van der Waals surface area contributed by atoms with E-state index in [1.165, 1.54) is 16.7 Å². The molecule has 4 nitrogen and oxygen atoms in total. The third-order valence-electron chi connectivity index (χ3n) is 3.49. The van der Waals surface area contributed by atoms with E-state index in [-0.39, 0.29) is 6.09 Å². The van der Waals surface area contributed by atoms with E-state index in [2.05, 4.69) is 12.1 Å². The van der Waals surface area contributed by atoms with Crippen molar-refractivity contribution in [1.82, 2.24) is 4.90 Å². The lowest BCUT2D eigenvalue weighted by molar-refractivity contribution is -0.107. The van der Waals surface area contributed by atoms with E-state index in [4.69, 9.17) is 4.74 Å². The van der Waals surface area contributed by atoms with Gasteiger partial charge in [0.2, 0.25) is 0 Å². The van der Waals surface area contributed by atoms with Crippen molar-refractivity contribution in [1.29, 1.82) is 0 Å². The molecule has 114 valence electrons. The van der Waals surface area contributed by atoms with Gasteiger partial charge in [0.25, 0.3) is 0 Å². The Balaban J connectivity index is 2.04. The SMILES string of the molecule is CC(C)(C)OC(=O)N1CCc2cc(CCC=O)ccc2C1. The third kappa shape index (κ3) is 4.31. The first-order valence-corrected chi connectivity index (χ1v) is 7.41. The van der Waals surface area contributed by atoms with Gasteiger partial charge in [-0.2, -0.15) is 0 Å². The molecule has 0 bridgehead atoms. The molecular formula is C17H23NO3. The summed E-state index contributed by atoms with van der Waals surface area (Å²) in [5, 5.41) is 0. The van der Waals surface area contributed by atoms with Gasteiger partial charge < -0.3 is 14.4 Å². The van der Waals surface area contributed by atoms with Crippen LogP contribution in [0, 0.1) is 0 Å². The largest absolute Gasteiger partial charge is 0.444 e. The number of nitrogens with zero attached hydrogens (tertiary/aromatic N) is 1. The van der Waals surface area contributed by atoms with Gasteiger partial charge in [-0.25, -0.2) is 4.79 Å². The summed E-state index contributed by atoms with van der Waals surface area (Å²) in [6.45, 7) is 6.91. The second-order valence-corrected chi connectivity index (χ2v) is 6.46. The summed E-state index contributed by atoms with van der Waals surface area (Å²) >= 11 is 0. The number of carbonyl (C=O) groups is 2. The second kappa shape index (κ2) is 6.29. The number of carbonyl (C=O) groups excluding carboxylic acids is 2. The van der Waals surface area contributed by atoms with Gasteiger partial charge in [-0.15, -0.1) is 0 Å². The molecule has 0 saturated carbocycles. The molecular weight excluding hydrogens is 266 g/mol. The van der Waals surface area contributed by atoms with Crippen molar-refractivity contribution in [2.75, 3.05) is 6.54 Å². The van der Waals surface area contributed by atoms with Crippen molar-refractivity contribution in [2.24, 2.45) is 0 Å². The number of ether oxygens (including phenoxy) is 1. The van der Waals surface area contributed by atoms with E-state index in [0.717, 1.165) is 19.1 Å². The minimum atomic E-state index is -0.462. The van der Waals surface area contributed by atoms with Gasteiger partial charge in [-0.3, -0.25) is 0 Å². The predicted molar refractivity (Wildman–Crippen MR) is 81.2 cm³/mol. The van der Waals surface area contributed by atoms with Crippen LogP contribution in [0.15, 0.2) is 18.2 Å². The summed E-state index contributed by atoms with van der Waals surface area (Å²) in [4.78, 5) is 24.3. The van der Waals surface area contributed by atoms with Crippen LogP contribution in [-0.4, -0.2) is 29.4 Å². The number of aldehydes is 1. The summed E-state index contributed by atoms with van der Waals surface area (Å²) in [5.41, 5.74) is 3.17. The molecule has 1 amide bonds. The maximum Gasteiger partial charge on any atom is 0.410 e. The quantitative estimate of drug-likeness (QED) is 0.803. The first-order chi connectivity index (χ1) is 9.89. The maximum absolute atomic E-state index is 12.1. The monoisotopic (exact) mass is 289 g/mol. The van der Waals surface area contributed by atoms with E-state index in [1.54, 1.807) is 4.90 Å². The highest BCUT2D eigenvalue weighted by atomic mass is 16.6. The fourth-order valence-corrected chi connectivity index (χ4v) is 2.47. The normalized spacial score (nSPS) is 14.5. The van der Waals surface area contributed by atoms with Crippen molar-refractivity contribution < 1.29 is 14.3 Å². The molecule has 1 aliphatic rings. The molecule has 1 aliphatic heterocycles. The van der Waals surface area contributed by atoms with Crippen LogP contribution in [0.25, 0.3) is 0 Å². The van der Waals surface area contributed by atoms with Crippen molar-refractivity contribution in [2.45, 2.75) is 52.2 Å². The summed E-state index contributed by atoms with van der Waals surface area (Å²) in [5.74, 6) is 0. The molecule has 0 aliphatic carbocycles. The van der Waals surface area contributed by atoms with Crippen LogP contribution in [0.1, 0.15) is 43.9 Å². The predicted octanol–water partition coefficient (Wildman–Crippen LogP) is 3.11. The van der Waals surface area contributed by atoms with Crippen LogP contribution in [0.3, 0.4) is 0 Å². The zero-order valence-corrected chi connectivity index (χ0v) is 13.0. The lowest BCUT2D eigenvalue weighted by atomic mass is 9.96. The number of hydrogen-bond acceptors (Lipinski definition) is 3. The first kappa shape index (κ1) is 15.5. The molecule has 0 atom stereocenters. The van der Waals surface area contributed by atoms with Crippen LogP contribution < -0.4 is 0 Å². The van der Waals surface area contributed by atoms with Crippen molar-refractivity contribution in [3.63, 3.8) is 0 Å². The van der Waals surface area contributed by atoms with Crippen molar-refractivity contribution >= 4 is 12.4 Å². The van der Waals surface area contributed by atoms with E-state index in [0.29, 0.717) is 19.5 Å². The van der Waals surface area contributed by atoms with Crippen molar-refractivity contribution in [3.05, 3.63) is 34.9 Å². The lowest BCUT2D eigenvalue weighted by Crippen LogP contribution is -2.39. The molecule has 0 unspecified atom stereocenters. The number of aryl methyl sites for hydroxylation is 1. The topological polar surface area (TPSA) is 46.6 Å². The Bertz CT molecular complexity index is 531. The van der Waals surface area contributed by atoms with Gasteiger partial charge in [0.15, 0.2) is 0 Å². The average Bonchev–Trinajstić information content (AvgIpc) is 2.42. The van der Waals surface area contributed by atoms with Gasteiger partial charge in [-0.05, 0) is 50.3 Å². The average molecular weight is 289 g/mol. The summed E-state index contributed by atoms with van der Waals surface area (Å²) in [7, 11) is 0. The fraction of sp³-hybridized carbons (Fsp3) is 0.529. The Kier molecular flexibility index (Phi) is 4.66. The summed E-state index contributed by atoms with van der Waals surface area (Å²) < 4.78 is 5.42. The molecule has 0 fully saturated rings. The molecule has 0 saturated heterocycles. The Hall–Kier alpha value is -1.84. The van der Waals surface area contributed by atoms with Crippen LogP contribution in [0.4, 0.5) is 4.79 Å². The molecule has 21 heavy (non-hydrogen) atoms. The number of benzene rings is 1. The minimum absolute atomic E-state index is 0.252. The fourth-order valence-electron chi connectivity index (χ4n) is 2.47. The van der Waals surface area contributed by atoms with E-state index in [1.807, 2.05) is 26.8 Å². The van der Waals surface area contributed by atoms with Gasteiger partial charge in [-0.1, -0.05) is 18.2 Å². The van der Waals surface area contributed by atoms with Crippen molar-refractivity contribution in [3.8, 4) is 0 Å². The molecule has 0 aromatic heterocycles. The number of amides is 1. The molecule has 0 N–H and O–H groups in total. The molecule has 0 radical (unpaired) electrons. The number of hydrogen-bond donors (Lipinski definition) is 0. The van der Waals surface area contributed by atoms with Crippen LogP contribution in [-0.2, 0) is 28.9 Å². The van der Waals surface area contributed by atoms with Gasteiger partial charge >= 0.3 is 6.09 Å². The van der Waals surface area contributed by atoms with Gasteiger partial charge in [0, 0.05) is 19.5 Å². The molecule has 2 rings (SSSR count). The Morgan fingerprint density at radius 2 is 2.10 bits per heavy atom. The highest BCUT2D eigenvalue weighted by Gasteiger charge is 2.25. The van der Waals surface area contributed by atoms with E-state index in [9.17, 15) is 9.59 Å². The van der Waals surface area contributed by atoms with Gasteiger partial charge in [0.05, 0.1) is 0 Å². The molecule has 4 heteroatoms. The lowest BCUT2D eigenvalue weighted by Gasteiger charge is -2.31.